The van der Waals surface area contributed by atoms with E-state index in [1.165, 1.54) is 18.3 Å². The Balaban J connectivity index is 2.08. The van der Waals surface area contributed by atoms with E-state index in [-0.39, 0.29) is 23.4 Å². The highest BCUT2D eigenvalue weighted by molar-refractivity contribution is 6.39. The minimum atomic E-state index is -1.00. The molecule has 1 aliphatic rings. The Morgan fingerprint density at radius 1 is 1.10 bits per heavy atom. The van der Waals surface area contributed by atoms with Crippen LogP contribution >= 0.6 is 11.6 Å². The number of rotatable bonds is 6. The quantitative estimate of drug-likeness (QED) is 0.381. The Bertz CT molecular complexity index is 879. The smallest absolute Gasteiger partial charge is 0.314 e. The van der Waals surface area contributed by atoms with Gasteiger partial charge in [0.25, 0.3) is 0 Å². The molecule has 1 heterocycles. The lowest BCUT2D eigenvalue weighted by atomic mass is 9.76. The van der Waals surface area contributed by atoms with Crippen molar-refractivity contribution >= 4 is 40.9 Å². The third-order valence-corrected chi connectivity index (χ3v) is 5.28. The predicted molar refractivity (Wildman–Crippen MR) is 117 cm³/mol. The van der Waals surface area contributed by atoms with E-state index in [1.54, 1.807) is 20.8 Å². The monoisotopic (exact) mass is 449 g/mol. The first-order valence-electron chi connectivity index (χ1n) is 9.91. The fourth-order valence-electron chi connectivity index (χ4n) is 3.42. The molecule has 0 saturated heterocycles. The highest BCUT2D eigenvalue weighted by Crippen LogP contribution is 2.28. The molecule has 10 heteroatoms. The average Bonchev–Trinajstić information content (AvgIpc) is 2.69. The highest BCUT2D eigenvalue weighted by atomic mass is 35.5. The van der Waals surface area contributed by atoms with Gasteiger partial charge in [-0.1, -0.05) is 18.2 Å². The number of nitrogens with one attached hydrogen (secondary N) is 3. The number of hydrogen-bond donors (Lipinski definition) is 4. The van der Waals surface area contributed by atoms with E-state index in [0.717, 1.165) is 0 Å². The molecule has 0 bridgehead atoms. The molecule has 1 unspecified atom stereocenters. The molecule has 2 rings (SSSR count). The van der Waals surface area contributed by atoms with E-state index in [1.807, 2.05) is 0 Å². The maximum absolute atomic E-state index is 12.6. The van der Waals surface area contributed by atoms with Gasteiger partial charge in [0.1, 0.15) is 5.82 Å². The van der Waals surface area contributed by atoms with Gasteiger partial charge in [-0.3, -0.25) is 19.2 Å². The molecule has 0 aromatic carbocycles. The van der Waals surface area contributed by atoms with Crippen LogP contribution in [0.5, 0.6) is 0 Å². The number of pyridine rings is 1. The summed E-state index contributed by atoms with van der Waals surface area (Å²) in [5.41, 5.74) is 5.25. The molecule has 9 nitrogen and oxygen atoms in total. The van der Waals surface area contributed by atoms with Crippen LogP contribution in [0.1, 0.15) is 40.0 Å². The van der Waals surface area contributed by atoms with Gasteiger partial charge in [-0.15, -0.1) is 0 Å². The predicted octanol–water partition coefficient (Wildman–Crippen LogP) is 1.33. The third kappa shape index (κ3) is 6.86. The molecule has 1 aromatic rings. The van der Waals surface area contributed by atoms with Gasteiger partial charge < -0.3 is 21.7 Å². The lowest BCUT2D eigenvalue weighted by molar-refractivity contribution is -0.137. The highest BCUT2D eigenvalue weighted by Gasteiger charge is 2.39. The van der Waals surface area contributed by atoms with Gasteiger partial charge in [-0.05, 0) is 52.2 Å². The molecule has 1 aliphatic carbocycles. The summed E-state index contributed by atoms with van der Waals surface area (Å²) in [4.78, 5) is 53.4. The Labute approximate surface area is 186 Å². The normalized spacial score (nSPS) is 21.0. The standard InChI is InChI=1S/C21H28ClN5O4/c1-11(2)18(29)26-15-9-12(17(28)21(3,4)23)5-7-14(15)25-19(30)20(31)27-16-8-6-13(22)10-24-16/h6,8,10,12,14-15H,1,5,7,9,23H2,2-4H3,(H,25,30)(H,26,29)(H,24,27,31)/t12?,14-,15+/m0/s1. The van der Waals surface area contributed by atoms with Gasteiger partial charge in [0.05, 0.1) is 16.6 Å². The Morgan fingerprint density at radius 2 is 1.74 bits per heavy atom. The number of nitrogens with two attached hydrogens (primary N) is 1. The van der Waals surface area contributed by atoms with E-state index in [0.29, 0.717) is 29.9 Å². The Hall–Kier alpha value is -2.78. The van der Waals surface area contributed by atoms with Gasteiger partial charge >= 0.3 is 11.8 Å². The molecule has 1 saturated carbocycles. The molecule has 5 N–H and O–H groups in total. The van der Waals surface area contributed by atoms with Gasteiger partial charge in [0.15, 0.2) is 5.78 Å². The van der Waals surface area contributed by atoms with Crippen molar-refractivity contribution < 1.29 is 19.2 Å². The van der Waals surface area contributed by atoms with Crippen LogP contribution in [0.2, 0.25) is 5.02 Å². The van der Waals surface area contributed by atoms with Crippen LogP contribution in [0.15, 0.2) is 30.5 Å². The van der Waals surface area contributed by atoms with Crippen molar-refractivity contribution in [2.45, 2.75) is 57.7 Å². The van der Waals surface area contributed by atoms with Crippen LogP contribution in [0.3, 0.4) is 0 Å². The first-order valence-corrected chi connectivity index (χ1v) is 10.3. The van der Waals surface area contributed by atoms with Crippen molar-refractivity contribution in [2.75, 3.05) is 5.32 Å². The summed E-state index contributed by atoms with van der Waals surface area (Å²) in [6.45, 7) is 8.45. The maximum atomic E-state index is 12.6. The molecular formula is C21H28ClN5O4. The number of aromatic nitrogens is 1. The molecule has 1 aromatic heterocycles. The van der Waals surface area contributed by atoms with Gasteiger partial charge in [0, 0.05) is 23.7 Å². The second-order valence-corrected chi connectivity index (χ2v) is 8.79. The molecule has 31 heavy (non-hydrogen) atoms. The third-order valence-electron chi connectivity index (χ3n) is 5.05. The van der Waals surface area contributed by atoms with Gasteiger partial charge in [-0.25, -0.2) is 4.98 Å². The van der Waals surface area contributed by atoms with Crippen molar-refractivity contribution in [1.29, 1.82) is 0 Å². The minimum absolute atomic E-state index is 0.113. The Kier molecular flexibility index (Phi) is 7.91. The first kappa shape index (κ1) is 24.5. The second kappa shape index (κ2) is 10.0. The molecule has 0 spiro atoms. The van der Waals surface area contributed by atoms with E-state index in [4.69, 9.17) is 17.3 Å². The minimum Gasteiger partial charge on any atom is -0.348 e. The number of nitrogens with zero attached hydrogens (tertiary/aromatic N) is 1. The molecule has 168 valence electrons. The van der Waals surface area contributed by atoms with Crippen LogP contribution < -0.4 is 21.7 Å². The van der Waals surface area contributed by atoms with Gasteiger partial charge in [-0.2, -0.15) is 0 Å². The number of amides is 3. The second-order valence-electron chi connectivity index (χ2n) is 8.35. The van der Waals surface area contributed by atoms with E-state index < -0.39 is 29.4 Å². The molecule has 0 radical (unpaired) electrons. The van der Waals surface area contributed by atoms with E-state index in [9.17, 15) is 19.2 Å². The number of carbonyl (C=O) groups is 4. The van der Waals surface area contributed by atoms with E-state index >= 15 is 0 Å². The van der Waals surface area contributed by atoms with Crippen molar-refractivity contribution in [3.8, 4) is 0 Å². The number of anilines is 1. The largest absolute Gasteiger partial charge is 0.348 e. The Morgan fingerprint density at radius 3 is 2.29 bits per heavy atom. The lowest BCUT2D eigenvalue weighted by Gasteiger charge is -2.38. The first-order chi connectivity index (χ1) is 14.4. The molecule has 3 amide bonds. The number of Topliss-reactive ketones (excluding diaryl/α,β-unsaturated/α-hetero) is 1. The lowest BCUT2D eigenvalue weighted by Crippen LogP contribution is -2.58. The van der Waals surface area contributed by atoms with Crippen LogP contribution in [0.25, 0.3) is 0 Å². The van der Waals surface area contributed by atoms with Crippen LogP contribution in [0, 0.1) is 5.92 Å². The topological polar surface area (TPSA) is 143 Å². The summed E-state index contributed by atoms with van der Waals surface area (Å²) in [6, 6.07) is 1.90. The number of halogens is 1. The summed E-state index contributed by atoms with van der Waals surface area (Å²) >= 11 is 5.75. The zero-order chi connectivity index (χ0) is 23.3. The van der Waals surface area contributed by atoms with Crippen molar-refractivity contribution in [3.05, 3.63) is 35.5 Å². The molecule has 1 fully saturated rings. The zero-order valence-electron chi connectivity index (χ0n) is 17.8. The maximum Gasteiger partial charge on any atom is 0.314 e. The van der Waals surface area contributed by atoms with Crippen molar-refractivity contribution in [1.82, 2.24) is 15.6 Å². The van der Waals surface area contributed by atoms with Crippen LogP contribution in [-0.2, 0) is 19.2 Å². The zero-order valence-corrected chi connectivity index (χ0v) is 18.6. The fraction of sp³-hybridized carbons (Fsp3) is 0.476. The summed E-state index contributed by atoms with van der Waals surface area (Å²) in [7, 11) is 0. The molecule has 3 atom stereocenters. The summed E-state index contributed by atoms with van der Waals surface area (Å²) in [5, 5.41) is 8.23. The molecular weight excluding hydrogens is 422 g/mol. The SMILES string of the molecule is C=C(C)C(=O)N[C@@H]1CC(C(=O)C(C)(C)N)CC[C@@H]1NC(=O)C(=O)Nc1ccc(Cl)cn1. The van der Waals surface area contributed by atoms with E-state index in [2.05, 4.69) is 27.5 Å². The summed E-state index contributed by atoms with van der Waals surface area (Å²) in [6.07, 6.45) is 2.51. The number of ketones is 1. The van der Waals surface area contributed by atoms with Gasteiger partial charge in [0.2, 0.25) is 5.91 Å². The van der Waals surface area contributed by atoms with Crippen molar-refractivity contribution in [3.63, 3.8) is 0 Å². The summed E-state index contributed by atoms with van der Waals surface area (Å²) in [5.74, 6) is -2.47. The van der Waals surface area contributed by atoms with Crippen LogP contribution in [-0.4, -0.2) is 46.1 Å². The van der Waals surface area contributed by atoms with Crippen molar-refractivity contribution in [2.24, 2.45) is 11.7 Å². The fourth-order valence-corrected chi connectivity index (χ4v) is 3.53. The summed E-state index contributed by atoms with van der Waals surface area (Å²) < 4.78 is 0. The average molecular weight is 450 g/mol. The number of carbonyl (C=O) groups excluding carboxylic acids is 4. The number of hydrogen-bond acceptors (Lipinski definition) is 6. The van der Waals surface area contributed by atoms with Crippen LogP contribution in [0.4, 0.5) is 5.82 Å². The molecule has 0 aliphatic heterocycles.